The van der Waals surface area contributed by atoms with Gasteiger partial charge in [0.25, 0.3) is 0 Å². The van der Waals surface area contributed by atoms with Gasteiger partial charge in [0.15, 0.2) is 0 Å². The van der Waals surface area contributed by atoms with Crippen molar-refractivity contribution in [1.29, 1.82) is 0 Å². The molecule has 1 aromatic rings. The lowest BCUT2D eigenvalue weighted by Gasteiger charge is -2.14. The van der Waals surface area contributed by atoms with Gasteiger partial charge in [-0.1, -0.05) is 38.1 Å². The highest BCUT2D eigenvalue weighted by molar-refractivity contribution is 5.24. The Bertz CT molecular complexity index is 307. The minimum atomic E-state index is 0.419. The van der Waals surface area contributed by atoms with Gasteiger partial charge in [-0.3, -0.25) is 0 Å². The maximum Gasteiger partial charge on any atom is 0.0478 e. The van der Waals surface area contributed by atoms with Crippen molar-refractivity contribution < 1.29 is 4.74 Å². The van der Waals surface area contributed by atoms with E-state index in [-0.39, 0.29) is 0 Å². The Morgan fingerprint density at radius 1 is 1.11 bits per heavy atom. The second-order valence-corrected chi connectivity index (χ2v) is 4.74. The zero-order valence-electron chi connectivity index (χ0n) is 12.0. The molecule has 0 aliphatic rings. The van der Waals surface area contributed by atoms with Crippen molar-refractivity contribution in [2.24, 2.45) is 0 Å². The average molecular weight is 249 g/mol. The predicted octanol–water partition coefficient (Wildman–Crippen LogP) is 3.72. The summed E-state index contributed by atoms with van der Waals surface area (Å²) in [5.74, 6) is 0. The van der Waals surface area contributed by atoms with Crippen LogP contribution in [0.15, 0.2) is 24.3 Å². The first kappa shape index (κ1) is 15.2. The number of rotatable bonds is 9. The lowest BCUT2D eigenvalue weighted by molar-refractivity contribution is 0.132. The van der Waals surface area contributed by atoms with Crippen LogP contribution < -0.4 is 5.32 Å². The summed E-state index contributed by atoms with van der Waals surface area (Å²) < 4.78 is 5.46. The van der Waals surface area contributed by atoms with Gasteiger partial charge < -0.3 is 10.1 Å². The van der Waals surface area contributed by atoms with E-state index in [0.717, 1.165) is 39.0 Å². The molecule has 0 bridgehead atoms. The maximum absolute atomic E-state index is 5.46. The lowest BCUT2D eigenvalue weighted by atomic mass is 10.1. The van der Waals surface area contributed by atoms with Crippen LogP contribution in [-0.2, 0) is 11.2 Å². The minimum absolute atomic E-state index is 0.419. The molecular weight excluding hydrogens is 222 g/mol. The number of aryl methyl sites for hydroxylation is 1. The first-order valence-electron chi connectivity index (χ1n) is 7.17. The van der Waals surface area contributed by atoms with Crippen molar-refractivity contribution in [2.75, 3.05) is 19.8 Å². The Hall–Kier alpha value is -0.860. The van der Waals surface area contributed by atoms with E-state index in [4.69, 9.17) is 4.74 Å². The van der Waals surface area contributed by atoms with Crippen molar-refractivity contribution in [3.05, 3.63) is 35.4 Å². The molecule has 0 aliphatic heterocycles. The Kier molecular flexibility index (Phi) is 7.70. The van der Waals surface area contributed by atoms with Crippen molar-refractivity contribution >= 4 is 0 Å². The van der Waals surface area contributed by atoms with E-state index in [1.807, 2.05) is 0 Å². The molecule has 0 heterocycles. The number of nitrogens with one attached hydrogen (secondary N) is 1. The molecule has 1 N–H and O–H groups in total. The zero-order valence-corrected chi connectivity index (χ0v) is 12.0. The van der Waals surface area contributed by atoms with Crippen LogP contribution in [0.4, 0.5) is 0 Å². The van der Waals surface area contributed by atoms with Gasteiger partial charge >= 0.3 is 0 Å². The highest BCUT2D eigenvalue weighted by Gasteiger charge is 2.03. The minimum Gasteiger partial charge on any atom is -0.381 e. The summed E-state index contributed by atoms with van der Waals surface area (Å²) in [7, 11) is 0. The third-order valence-electron chi connectivity index (χ3n) is 3.15. The van der Waals surface area contributed by atoms with Gasteiger partial charge in [0.1, 0.15) is 0 Å². The molecular formula is C16H27NO. The summed E-state index contributed by atoms with van der Waals surface area (Å²) >= 11 is 0. The molecule has 0 aromatic heterocycles. The molecule has 0 amide bonds. The molecule has 1 rings (SSSR count). The second kappa shape index (κ2) is 9.12. The van der Waals surface area contributed by atoms with Crippen molar-refractivity contribution in [1.82, 2.24) is 5.32 Å². The van der Waals surface area contributed by atoms with E-state index in [1.165, 1.54) is 11.1 Å². The van der Waals surface area contributed by atoms with Crippen molar-refractivity contribution in [2.45, 2.75) is 46.1 Å². The van der Waals surface area contributed by atoms with E-state index in [0.29, 0.717) is 6.04 Å². The highest BCUT2D eigenvalue weighted by Crippen LogP contribution is 2.13. The van der Waals surface area contributed by atoms with Crippen LogP contribution in [0.25, 0.3) is 0 Å². The quantitative estimate of drug-likeness (QED) is 0.674. The number of hydrogen-bond acceptors (Lipinski definition) is 2. The number of benzene rings is 1. The summed E-state index contributed by atoms with van der Waals surface area (Å²) in [4.78, 5) is 0. The molecule has 1 atom stereocenters. The van der Waals surface area contributed by atoms with Crippen molar-refractivity contribution in [3.8, 4) is 0 Å². The summed E-state index contributed by atoms with van der Waals surface area (Å²) in [6.45, 7) is 9.30. The van der Waals surface area contributed by atoms with Crippen molar-refractivity contribution in [3.63, 3.8) is 0 Å². The molecule has 2 heteroatoms. The normalized spacial score (nSPS) is 12.6. The van der Waals surface area contributed by atoms with E-state index < -0.39 is 0 Å². The van der Waals surface area contributed by atoms with Gasteiger partial charge in [0.05, 0.1) is 0 Å². The van der Waals surface area contributed by atoms with Gasteiger partial charge in [0.2, 0.25) is 0 Å². The van der Waals surface area contributed by atoms with Crippen LogP contribution in [0.2, 0.25) is 0 Å². The topological polar surface area (TPSA) is 21.3 Å². The fourth-order valence-corrected chi connectivity index (χ4v) is 1.90. The fourth-order valence-electron chi connectivity index (χ4n) is 1.90. The molecule has 1 aromatic carbocycles. The van der Waals surface area contributed by atoms with Crippen LogP contribution in [0, 0.1) is 0 Å². The van der Waals surface area contributed by atoms with Gasteiger partial charge in [-0.05, 0) is 43.9 Å². The maximum atomic E-state index is 5.46. The van der Waals surface area contributed by atoms with E-state index in [1.54, 1.807) is 0 Å². The standard InChI is InChI=1S/C16H27NO/c1-4-12-18-13-6-11-17-14(3)16-9-7-15(5-2)8-10-16/h7-10,14,17H,4-6,11-13H2,1-3H3. The summed E-state index contributed by atoms with van der Waals surface area (Å²) in [5.41, 5.74) is 2.76. The van der Waals surface area contributed by atoms with Crippen LogP contribution in [0.5, 0.6) is 0 Å². The third kappa shape index (κ3) is 5.65. The Balaban J connectivity index is 2.21. The third-order valence-corrected chi connectivity index (χ3v) is 3.15. The molecule has 0 saturated heterocycles. The molecule has 0 radical (unpaired) electrons. The molecule has 0 aliphatic carbocycles. The highest BCUT2D eigenvalue weighted by atomic mass is 16.5. The molecule has 0 spiro atoms. The number of hydrogen-bond donors (Lipinski definition) is 1. The van der Waals surface area contributed by atoms with Crippen LogP contribution in [0.3, 0.4) is 0 Å². The van der Waals surface area contributed by atoms with Gasteiger partial charge in [-0.2, -0.15) is 0 Å². The Labute approximate surface area is 112 Å². The fraction of sp³-hybridized carbons (Fsp3) is 0.625. The SMILES string of the molecule is CCCOCCCNC(C)c1ccc(CC)cc1. The lowest BCUT2D eigenvalue weighted by Crippen LogP contribution is -2.21. The van der Waals surface area contributed by atoms with Crippen LogP contribution in [-0.4, -0.2) is 19.8 Å². The van der Waals surface area contributed by atoms with Gasteiger partial charge in [-0.15, -0.1) is 0 Å². The molecule has 0 fully saturated rings. The van der Waals surface area contributed by atoms with E-state index in [2.05, 4.69) is 50.4 Å². The molecule has 18 heavy (non-hydrogen) atoms. The predicted molar refractivity (Wildman–Crippen MR) is 78.0 cm³/mol. The monoisotopic (exact) mass is 249 g/mol. The zero-order chi connectivity index (χ0) is 13.2. The Morgan fingerprint density at radius 3 is 2.44 bits per heavy atom. The molecule has 102 valence electrons. The first-order valence-corrected chi connectivity index (χ1v) is 7.17. The van der Waals surface area contributed by atoms with Gasteiger partial charge in [-0.25, -0.2) is 0 Å². The summed E-state index contributed by atoms with van der Waals surface area (Å²) in [6, 6.07) is 9.31. The van der Waals surface area contributed by atoms with E-state index >= 15 is 0 Å². The van der Waals surface area contributed by atoms with E-state index in [9.17, 15) is 0 Å². The van der Waals surface area contributed by atoms with Crippen LogP contribution in [0.1, 0.15) is 50.8 Å². The average Bonchev–Trinajstić information content (AvgIpc) is 2.42. The molecule has 2 nitrogen and oxygen atoms in total. The Morgan fingerprint density at radius 2 is 1.83 bits per heavy atom. The smallest absolute Gasteiger partial charge is 0.0478 e. The first-order chi connectivity index (χ1) is 8.77. The van der Waals surface area contributed by atoms with Crippen LogP contribution >= 0.6 is 0 Å². The number of ether oxygens (including phenoxy) is 1. The second-order valence-electron chi connectivity index (χ2n) is 4.74. The summed E-state index contributed by atoms with van der Waals surface area (Å²) in [6.07, 6.45) is 3.29. The molecule has 1 unspecified atom stereocenters. The largest absolute Gasteiger partial charge is 0.381 e. The summed E-state index contributed by atoms with van der Waals surface area (Å²) in [5, 5.41) is 3.53. The van der Waals surface area contributed by atoms with Gasteiger partial charge in [0, 0.05) is 19.3 Å². The molecule has 0 saturated carbocycles.